The number of H-pyrrole nitrogens is 1. The van der Waals surface area contributed by atoms with Gasteiger partial charge in [0.05, 0.1) is 12.3 Å². The van der Waals surface area contributed by atoms with E-state index in [4.69, 9.17) is 0 Å². The van der Waals surface area contributed by atoms with Crippen molar-refractivity contribution < 1.29 is 5.11 Å². The average molecular weight is 329 g/mol. The molecule has 3 rings (SSSR count). The summed E-state index contributed by atoms with van der Waals surface area (Å²) in [6.45, 7) is 0.750. The van der Waals surface area contributed by atoms with Crippen molar-refractivity contribution in [2.24, 2.45) is 12.1 Å². The van der Waals surface area contributed by atoms with E-state index in [1.807, 2.05) is 23.3 Å². The molecule has 2 aromatic heterocycles. The fourth-order valence-electron chi connectivity index (χ4n) is 2.84. The molecule has 1 atom stereocenters. The van der Waals surface area contributed by atoms with Gasteiger partial charge in [0.2, 0.25) is 5.88 Å². The third-order valence-corrected chi connectivity index (χ3v) is 4.21. The van der Waals surface area contributed by atoms with Crippen LogP contribution in [-0.2, 0) is 7.05 Å². The van der Waals surface area contributed by atoms with Crippen LogP contribution in [0.3, 0.4) is 0 Å². The van der Waals surface area contributed by atoms with Crippen LogP contribution in [0.15, 0.2) is 39.2 Å². The molecule has 0 spiro atoms. The lowest BCUT2D eigenvalue weighted by Gasteiger charge is -2.33. The molecule has 3 heterocycles. The Hall–Kier alpha value is -2.90. The highest BCUT2D eigenvalue weighted by Crippen LogP contribution is 2.30. The molecule has 126 valence electrons. The summed E-state index contributed by atoms with van der Waals surface area (Å²) in [7, 11) is 1.38. The van der Waals surface area contributed by atoms with Gasteiger partial charge in [-0.2, -0.15) is 5.10 Å². The lowest BCUT2D eigenvalue weighted by molar-refractivity contribution is 0.156. The average Bonchev–Trinajstić information content (AvgIpc) is 2.61. The Morgan fingerprint density at radius 2 is 2.25 bits per heavy atom. The van der Waals surface area contributed by atoms with E-state index in [0.29, 0.717) is 0 Å². The van der Waals surface area contributed by atoms with Crippen molar-refractivity contribution in [2.45, 2.75) is 25.3 Å². The largest absolute Gasteiger partial charge is 0.494 e. The van der Waals surface area contributed by atoms with Gasteiger partial charge in [0.1, 0.15) is 5.56 Å². The van der Waals surface area contributed by atoms with Crippen molar-refractivity contribution in [2.75, 3.05) is 6.54 Å². The number of piperidine rings is 1. The second-order valence-electron chi connectivity index (χ2n) is 5.76. The molecule has 0 saturated carbocycles. The molecule has 1 aliphatic rings. The van der Waals surface area contributed by atoms with Gasteiger partial charge in [-0.25, -0.2) is 4.79 Å². The molecule has 0 aliphatic carbocycles. The summed E-state index contributed by atoms with van der Waals surface area (Å²) in [4.78, 5) is 29.6. The molecule has 1 saturated heterocycles. The standard InChI is InChI=1S/C16H19N5O3/c1-20-15(23)12(14(22)19-16(20)24)10-18-21-8-3-2-6-13(21)11-5-4-7-17-9-11/h4-5,7,9-10,13,23H,2-3,6,8H2,1H3,(H,19,22,24)/t13-/m1/s1. The van der Waals surface area contributed by atoms with Gasteiger partial charge in [-0.05, 0) is 30.9 Å². The molecular weight excluding hydrogens is 310 g/mol. The predicted molar refractivity (Wildman–Crippen MR) is 89.1 cm³/mol. The molecule has 8 nitrogen and oxygen atoms in total. The van der Waals surface area contributed by atoms with E-state index in [9.17, 15) is 14.7 Å². The van der Waals surface area contributed by atoms with Gasteiger partial charge in [-0.3, -0.25) is 24.3 Å². The normalized spacial score (nSPS) is 18.2. The van der Waals surface area contributed by atoms with E-state index in [1.54, 1.807) is 6.20 Å². The number of pyridine rings is 1. The molecule has 0 radical (unpaired) electrons. The number of rotatable bonds is 3. The van der Waals surface area contributed by atoms with Crippen LogP contribution in [-0.4, -0.2) is 37.4 Å². The SMILES string of the molecule is Cn1c(O)c(C=NN2CCCC[C@@H]2c2cccnc2)c(=O)[nH]c1=O. The predicted octanol–water partition coefficient (Wildman–Crippen LogP) is 0.735. The number of aromatic amines is 1. The maximum absolute atomic E-state index is 11.9. The molecule has 2 aromatic rings. The Balaban J connectivity index is 1.92. The first-order valence-electron chi connectivity index (χ1n) is 7.80. The molecule has 1 aliphatic heterocycles. The number of nitrogens with zero attached hydrogens (tertiary/aromatic N) is 4. The Labute approximate surface area is 138 Å². The van der Waals surface area contributed by atoms with E-state index in [0.717, 1.165) is 35.9 Å². The zero-order chi connectivity index (χ0) is 17.1. The van der Waals surface area contributed by atoms with Gasteiger partial charge >= 0.3 is 5.69 Å². The van der Waals surface area contributed by atoms with E-state index in [1.165, 1.54) is 13.3 Å². The highest BCUT2D eigenvalue weighted by atomic mass is 16.3. The number of aromatic hydroxyl groups is 1. The minimum Gasteiger partial charge on any atom is -0.494 e. The summed E-state index contributed by atoms with van der Waals surface area (Å²) in [5, 5.41) is 16.3. The van der Waals surface area contributed by atoms with E-state index < -0.39 is 17.1 Å². The molecule has 1 fully saturated rings. The highest BCUT2D eigenvalue weighted by molar-refractivity contribution is 5.81. The highest BCUT2D eigenvalue weighted by Gasteiger charge is 2.23. The fourth-order valence-corrected chi connectivity index (χ4v) is 2.84. The van der Waals surface area contributed by atoms with Crippen molar-refractivity contribution in [1.29, 1.82) is 0 Å². The summed E-state index contributed by atoms with van der Waals surface area (Å²) in [5.41, 5.74) is -0.296. The van der Waals surface area contributed by atoms with Crippen LogP contribution < -0.4 is 11.2 Å². The first kappa shape index (κ1) is 16.0. The second-order valence-corrected chi connectivity index (χ2v) is 5.76. The van der Waals surface area contributed by atoms with Crippen LogP contribution in [0.5, 0.6) is 5.88 Å². The van der Waals surface area contributed by atoms with Gasteiger partial charge in [0.25, 0.3) is 5.56 Å². The lowest BCUT2D eigenvalue weighted by Crippen LogP contribution is -2.32. The quantitative estimate of drug-likeness (QED) is 0.808. The monoisotopic (exact) mass is 329 g/mol. The summed E-state index contributed by atoms with van der Waals surface area (Å²) < 4.78 is 0.970. The van der Waals surface area contributed by atoms with Crippen LogP contribution in [0.4, 0.5) is 0 Å². The van der Waals surface area contributed by atoms with Gasteiger partial charge in [0.15, 0.2) is 0 Å². The van der Waals surface area contributed by atoms with Crippen molar-refractivity contribution in [3.05, 3.63) is 56.5 Å². The van der Waals surface area contributed by atoms with Gasteiger partial charge in [0, 0.05) is 26.0 Å². The first-order valence-corrected chi connectivity index (χ1v) is 7.80. The topological polar surface area (TPSA) is 104 Å². The van der Waals surface area contributed by atoms with Gasteiger partial charge in [-0.15, -0.1) is 0 Å². The maximum atomic E-state index is 11.9. The molecule has 0 unspecified atom stereocenters. The van der Waals surface area contributed by atoms with Crippen LogP contribution >= 0.6 is 0 Å². The summed E-state index contributed by atoms with van der Waals surface area (Å²) in [6, 6.07) is 3.97. The van der Waals surface area contributed by atoms with Gasteiger partial charge in [-0.1, -0.05) is 6.07 Å². The van der Waals surface area contributed by atoms with E-state index in [-0.39, 0.29) is 11.6 Å². The second kappa shape index (κ2) is 6.69. The maximum Gasteiger partial charge on any atom is 0.330 e. The van der Waals surface area contributed by atoms with E-state index >= 15 is 0 Å². The number of hydrazone groups is 1. The summed E-state index contributed by atoms with van der Waals surface area (Å²) in [6.07, 6.45) is 7.89. The summed E-state index contributed by atoms with van der Waals surface area (Å²) in [5.74, 6) is -0.401. The lowest BCUT2D eigenvalue weighted by atomic mass is 9.98. The van der Waals surface area contributed by atoms with Crippen molar-refractivity contribution in [3.8, 4) is 5.88 Å². The third-order valence-electron chi connectivity index (χ3n) is 4.21. The van der Waals surface area contributed by atoms with Crippen LogP contribution in [0.1, 0.15) is 36.4 Å². The van der Waals surface area contributed by atoms with Gasteiger partial charge < -0.3 is 5.11 Å². The minimum absolute atomic E-state index is 0.0346. The number of aromatic nitrogens is 3. The molecule has 0 amide bonds. The number of nitrogens with one attached hydrogen (secondary N) is 1. The van der Waals surface area contributed by atoms with Crippen molar-refractivity contribution in [1.82, 2.24) is 19.5 Å². The molecule has 24 heavy (non-hydrogen) atoms. The molecular formula is C16H19N5O3. The first-order chi connectivity index (χ1) is 11.6. The van der Waals surface area contributed by atoms with E-state index in [2.05, 4.69) is 15.1 Å². The van der Waals surface area contributed by atoms with Crippen LogP contribution in [0.2, 0.25) is 0 Å². The smallest absolute Gasteiger partial charge is 0.330 e. The Morgan fingerprint density at radius 3 is 3.00 bits per heavy atom. The zero-order valence-corrected chi connectivity index (χ0v) is 13.3. The third kappa shape index (κ3) is 3.08. The van der Waals surface area contributed by atoms with Crippen LogP contribution in [0.25, 0.3) is 0 Å². The Bertz CT molecular complexity index is 856. The van der Waals surface area contributed by atoms with Crippen molar-refractivity contribution in [3.63, 3.8) is 0 Å². The fraction of sp³-hybridized carbons (Fsp3) is 0.375. The number of hydrogen-bond acceptors (Lipinski definition) is 6. The Morgan fingerprint density at radius 1 is 1.42 bits per heavy atom. The summed E-state index contributed by atoms with van der Waals surface area (Å²) >= 11 is 0. The molecule has 2 N–H and O–H groups in total. The molecule has 0 aromatic carbocycles. The number of hydrogen-bond donors (Lipinski definition) is 2. The minimum atomic E-state index is -0.666. The molecule has 0 bridgehead atoms. The van der Waals surface area contributed by atoms with Crippen molar-refractivity contribution >= 4 is 6.21 Å². The Kier molecular flexibility index (Phi) is 4.45. The molecule has 8 heteroatoms. The van der Waals surface area contributed by atoms with Crippen LogP contribution in [0, 0.1) is 0 Å². The zero-order valence-electron chi connectivity index (χ0n) is 13.3.